The van der Waals surface area contributed by atoms with Gasteiger partial charge in [0.1, 0.15) is 5.75 Å². The summed E-state index contributed by atoms with van der Waals surface area (Å²) in [4.78, 5) is 0. The third-order valence-corrected chi connectivity index (χ3v) is 3.07. The second-order valence-corrected chi connectivity index (χ2v) is 4.37. The fourth-order valence-electron chi connectivity index (χ4n) is 2.16. The molecule has 18 heavy (non-hydrogen) atoms. The number of aliphatic hydroxyl groups excluding tert-OH is 1. The van der Waals surface area contributed by atoms with Crippen molar-refractivity contribution in [1.82, 2.24) is 0 Å². The van der Waals surface area contributed by atoms with Crippen LogP contribution in [0.15, 0.2) is 24.3 Å². The first kappa shape index (κ1) is 13.2. The zero-order chi connectivity index (χ0) is 13.0. The van der Waals surface area contributed by atoms with E-state index in [2.05, 4.69) is 4.74 Å². The monoisotopic (exact) mass is 258 g/mol. The highest BCUT2D eigenvalue weighted by atomic mass is 19.3. The fraction of sp³-hybridized carbons (Fsp3) is 0.538. The summed E-state index contributed by atoms with van der Waals surface area (Å²) in [5.41, 5.74) is 0.587. The highest BCUT2D eigenvalue weighted by Crippen LogP contribution is 2.30. The van der Waals surface area contributed by atoms with Crippen LogP contribution in [0.4, 0.5) is 8.78 Å². The van der Waals surface area contributed by atoms with Crippen LogP contribution in [-0.4, -0.2) is 24.9 Å². The summed E-state index contributed by atoms with van der Waals surface area (Å²) in [5.74, 6) is 0.0822. The van der Waals surface area contributed by atoms with E-state index < -0.39 is 12.7 Å². The molecule has 1 aromatic carbocycles. The fourth-order valence-corrected chi connectivity index (χ4v) is 2.16. The predicted molar refractivity (Wildman–Crippen MR) is 61.6 cm³/mol. The van der Waals surface area contributed by atoms with Gasteiger partial charge in [-0.1, -0.05) is 12.1 Å². The van der Waals surface area contributed by atoms with Gasteiger partial charge in [0, 0.05) is 12.5 Å². The van der Waals surface area contributed by atoms with Gasteiger partial charge in [0.05, 0.1) is 12.7 Å². The molecule has 1 aliphatic rings. The minimum atomic E-state index is -2.85. The van der Waals surface area contributed by atoms with Gasteiger partial charge in [-0.15, -0.1) is 0 Å². The first-order chi connectivity index (χ1) is 8.66. The number of hydrogen-bond acceptors (Lipinski definition) is 3. The molecule has 1 N–H and O–H groups in total. The Bertz CT molecular complexity index is 378. The third kappa shape index (κ3) is 3.40. The number of hydrogen-bond donors (Lipinski definition) is 1. The molecule has 0 bridgehead atoms. The zero-order valence-electron chi connectivity index (χ0n) is 9.89. The maximum Gasteiger partial charge on any atom is 0.387 e. The van der Waals surface area contributed by atoms with Crippen molar-refractivity contribution < 1.29 is 23.4 Å². The van der Waals surface area contributed by atoms with Crippen LogP contribution in [0, 0.1) is 5.92 Å². The molecule has 1 aliphatic heterocycles. The van der Waals surface area contributed by atoms with Gasteiger partial charge in [0.2, 0.25) is 0 Å². The highest BCUT2D eigenvalue weighted by Gasteiger charge is 2.24. The molecule has 1 heterocycles. The van der Waals surface area contributed by atoms with Crippen LogP contribution in [0.1, 0.15) is 24.5 Å². The Kier molecular flexibility index (Phi) is 4.49. The second-order valence-electron chi connectivity index (χ2n) is 4.37. The molecule has 0 spiro atoms. The summed E-state index contributed by atoms with van der Waals surface area (Å²) in [6.45, 7) is -1.63. The van der Waals surface area contributed by atoms with Gasteiger partial charge in [-0.25, -0.2) is 0 Å². The van der Waals surface area contributed by atoms with E-state index >= 15 is 0 Å². The van der Waals surface area contributed by atoms with Crippen LogP contribution in [0.25, 0.3) is 0 Å². The Labute approximate surface area is 104 Å². The Morgan fingerprint density at radius 3 is 2.89 bits per heavy atom. The van der Waals surface area contributed by atoms with E-state index in [0.717, 1.165) is 19.4 Å². The van der Waals surface area contributed by atoms with Crippen molar-refractivity contribution in [2.45, 2.75) is 25.6 Å². The van der Waals surface area contributed by atoms with Crippen LogP contribution in [0.3, 0.4) is 0 Å². The minimum Gasteiger partial charge on any atom is -0.435 e. The first-order valence-corrected chi connectivity index (χ1v) is 5.97. The molecule has 100 valence electrons. The lowest BCUT2D eigenvalue weighted by molar-refractivity contribution is -0.0502. The second kappa shape index (κ2) is 6.11. The third-order valence-electron chi connectivity index (χ3n) is 3.07. The Morgan fingerprint density at radius 1 is 1.39 bits per heavy atom. The standard InChI is InChI=1S/C13H16F2O3/c14-13(15)18-11-5-1-3-9(7-11)12(16)10-4-2-6-17-8-10/h1,3,5,7,10,12-13,16H,2,4,6,8H2. The molecule has 2 atom stereocenters. The summed E-state index contributed by atoms with van der Waals surface area (Å²) >= 11 is 0. The largest absolute Gasteiger partial charge is 0.435 e. The average molecular weight is 258 g/mol. The number of rotatable bonds is 4. The molecule has 1 fully saturated rings. The summed E-state index contributed by atoms with van der Waals surface area (Å²) in [5, 5.41) is 10.2. The van der Waals surface area contributed by atoms with E-state index in [-0.39, 0.29) is 11.7 Å². The molecular weight excluding hydrogens is 242 g/mol. The number of benzene rings is 1. The Balaban J connectivity index is 2.06. The minimum absolute atomic E-state index is 0.0144. The zero-order valence-corrected chi connectivity index (χ0v) is 9.89. The van der Waals surface area contributed by atoms with Gasteiger partial charge in [0.15, 0.2) is 0 Å². The predicted octanol–water partition coefficient (Wildman–Crippen LogP) is 2.75. The van der Waals surface area contributed by atoms with Crippen molar-refractivity contribution in [2.24, 2.45) is 5.92 Å². The van der Waals surface area contributed by atoms with Gasteiger partial charge in [-0.05, 0) is 30.5 Å². The molecule has 3 nitrogen and oxygen atoms in total. The van der Waals surface area contributed by atoms with Crippen LogP contribution >= 0.6 is 0 Å². The molecule has 0 amide bonds. The molecule has 2 unspecified atom stereocenters. The molecule has 1 aromatic rings. The number of ether oxygens (including phenoxy) is 2. The smallest absolute Gasteiger partial charge is 0.387 e. The van der Waals surface area contributed by atoms with Gasteiger partial charge < -0.3 is 14.6 Å². The molecule has 2 rings (SSSR count). The van der Waals surface area contributed by atoms with Gasteiger partial charge in [0.25, 0.3) is 0 Å². The highest BCUT2D eigenvalue weighted by molar-refractivity contribution is 5.30. The average Bonchev–Trinajstić information content (AvgIpc) is 2.38. The molecular formula is C13H16F2O3. The molecule has 0 saturated carbocycles. The van der Waals surface area contributed by atoms with Gasteiger partial charge in [-0.3, -0.25) is 0 Å². The maximum absolute atomic E-state index is 12.1. The quantitative estimate of drug-likeness (QED) is 0.902. The maximum atomic E-state index is 12.1. The van der Waals surface area contributed by atoms with Crippen LogP contribution in [0.2, 0.25) is 0 Å². The van der Waals surface area contributed by atoms with E-state index in [1.165, 1.54) is 12.1 Å². The summed E-state index contributed by atoms with van der Waals surface area (Å²) in [6, 6.07) is 6.20. The topological polar surface area (TPSA) is 38.7 Å². The molecule has 5 heteroatoms. The van der Waals surface area contributed by atoms with Crippen molar-refractivity contribution in [3.8, 4) is 5.75 Å². The van der Waals surface area contributed by atoms with Crippen molar-refractivity contribution in [3.63, 3.8) is 0 Å². The van der Waals surface area contributed by atoms with Crippen molar-refractivity contribution >= 4 is 0 Å². The van der Waals surface area contributed by atoms with Gasteiger partial charge >= 0.3 is 6.61 Å². The van der Waals surface area contributed by atoms with E-state index in [1.54, 1.807) is 12.1 Å². The molecule has 0 aromatic heterocycles. The lowest BCUT2D eigenvalue weighted by Crippen LogP contribution is -2.23. The number of aliphatic hydroxyl groups is 1. The van der Waals surface area contributed by atoms with E-state index in [1.807, 2.05) is 0 Å². The van der Waals surface area contributed by atoms with Crippen molar-refractivity contribution in [3.05, 3.63) is 29.8 Å². The lowest BCUT2D eigenvalue weighted by atomic mass is 9.91. The Morgan fingerprint density at radius 2 is 2.22 bits per heavy atom. The lowest BCUT2D eigenvalue weighted by Gasteiger charge is -2.27. The first-order valence-electron chi connectivity index (χ1n) is 5.97. The number of alkyl halides is 2. The van der Waals surface area contributed by atoms with Crippen LogP contribution < -0.4 is 4.74 Å². The Hall–Kier alpha value is -1.20. The van der Waals surface area contributed by atoms with E-state index in [4.69, 9.17) is 4.74 Å². The van der Waals surface area contributed by atoms with Crippen LogP contribution in [0.5, 0.6) is 5.75 Å². The van der Waals surface area contributed by atoms with Crippen molar-refractivity contribution in [1.29, 1.82) is 0 Å². The van der Waals surface area contributed by atoms with Crippen LogP contribution in [-0.2, 0) is 4.74 Å². The normalized spacial score (nSPS) is 21.9. The summed E-state index contributed by atoms with van der Waals surface area (Å²) in [7, 11) is 0. The molecule has 1 saturated heterocycles. The van der Waals surface area contributed by atoms with Crippen molar-refractivity contribution in [2.75, 3.05) is 13.2 Å². The summed E-state index contributed by atoms with van der Waals surface area (Å²) in [6.07, 6.45) is 1.09. The summed E-state index contributed by atoms with van der Waals surface area (Å²) < 4.78 is 33.8. The SMILES string of the molecule is OC(c1cccc(OC(F)F)c1)C1CCCOC1. The van der Waals surface area contributed by atoms with E-state index in [9.17, 15) is 13.9 Å². The molecule has 0 radical (unpaired) electrons. The number of halogens is 2. The molecule has 0 aliphatic carbocycles. The van der Waals surface area contributed by atoms with Gasteiger partial charge in [-0.2, -0.15) is 8.78 Å². The van der Waals surface area contributed by atoms with E-state index in [0.29, 0.717) is 12.2 Å².